The molecule has 24 atom stereocenters. The fraction of sp³-hybridized carbons (Fsp3) is 0.904. The van der Waals surface area contributed by atoms with Crippen LogP contribution in [0.5, 0.6) is 0 Å². The largest absolute Gasteiger partial charge is 0.458 e. The normalized spacial score (nSPS) is 52.3. The average molecular weight is 997 g/mol. The molecular weight excluding hydrogens is 913 g/mol. The van der Waals surface area contributed by atoms with Crippen LogP contribution in [0.1, 0.15) is 114 Å². The molecule has 0 bridgehead atoms. The molecule has 0 amide bonds. The Balaban J connectivity index is 0.988. The molecule has 11 N–H and O–H groups in total. The fourth-order valence-electron chi connectivity index (χ4n) is 16.0. The number of fused-ring (bicyclic) bond motifs is 7. The second-order valence-corrected chi connectivity index (χ2v) is 24.8. The third-order valence-corrected chi connectivity index (χ3v) is 20.4. The van der Waals surface area contributed by atoms with E-state index >= 15 is 0 Å². The van der Waals surface area contributed by atoms with Gasteiger partial charge in [0.15, 0.2) is 12.6 Å². The van der Waals surface area contributed by atoms with E-state index in [1.165, 1.54) is 5.57 Å². The third kappa shape index (κ3) is 8.60. The Morgan fingerprint density at radius 1 is 0.729 bits per heavy atom. The number of esters is 1. The summed E-state index contributed by atoms with van der Waals surface area (Å²) in [6.45, 7) is 17.8. The van der Waals surface area contributed by atoms with Crippen molar-refractivity contribution in [3.05, 3.63) is 23.3 Å². The van der Waals surface area contributed by atoms with Crippen LogP contribution in [-0.2, 0) is 33.2 Å². The molecule has 0 aromatic carbocycles. The highest BCUT2D eigenvalue weighted by Crippen LogP contribution is 2.76. The van der Waals surface area contributed by atoms with Crippen molar-refractivity contribution in [2.24, 2.45) is 56.2 Å². The summed E-state index contributed by atoms with van der Waals surface area (Å²) >= 11 is 0. The highest BCUT2D eigenvalue weighted by atomic mass is 16.7. The van der Waals surface area contributed by atoms with Gasteiger partial charge in [-0.2, -0.15) is 0 Å². The molecule has 0 radical (unpaired) electrons. The second-order valence-electron chi connectivity index (χ2n) is 24.8. The molecule has 0 aromatic heterocycles. The number of carbonyl (C=O) groups is 1. The number of rotatable bonds is 10. The SMILES string of the molecule is C/C=C(\C)C(=O)O[C@H]1CC(C)(C)C[C@H]2C3=CC[C@@H]4[C@@]5(C)CC[C@H]([C@@H]6O[C@H](CO[C@@H]7O[C@H](CO[C@@H]8OC[C@@H](O)[C@H](O)[C@H]8O)[C@@H](O)[C@H](O)[C@H]7O)[C@@H](O)[C@H](O)[C@H]6O)C(C)(C)[C@@H]5CC[C@@]4(C)[C@]3(C)C[C@H](O)[C@@]12CO. The van der Waals surface area contributed by atoms with E-state index in [0.29, 0.717) is 24.8 Å². The molecule has 3 saturated heterocycles. The van der Waals surface area contributed by atoms with E-state index in [-0.39, 0.29) is 53.1 Å². The number of aliphatic hydroxyl groups is 11. The Morgan fingerprint density at radius 2 is 1.34 bits per heavy atom. The minimum absolute atomic E-state index is 0.147. The van der Waals surface area contributed by atoms with Crippen molar-refractivity contribution in [3.63, 3.8) is 0 Å². The average Bonchev–Trinajstić information content (AvgIpc) is 3.29. The molecule has 4 saturated carbocycles. The summed E-state index contributed by atoms with van der Waals surface area (Å²) in [5.41, 5.74) is -0.850. The first-order chi connectivity index (χ1) is 32.6. The maximum Gasteiger partial charge on any atom is 0.333 e. The summed E-state index contributed by atoms with van der Waals surface area (Å²) < 4.78 is 35.3. The van der Waals surface area contributed by atoms with Crippen LogP contribution < -0.4 is 0 Å². The highest BCUT2D eigenvalue weighted by molar-refractivity contribution is 5.87. The molecule has 3 heterocycles. The molecule has 0 unspecified atom stereocenters. The Hall–Kier alpha value is -1.69. The molecular formula is C52H84O18. The molecule has 18 heteroatoms. The number of carbonyl (C=O) groups excluding carboxylic acids is 1. The van der Waals surface area contributed by atoms with Crippen LogP contribution in [-0.4, -0.2) is 187 Å². The summed E-state index contributed by atoms with van der Waals surface area (Å²) in [6, 6.07) is 0. The molecule has 8 rings (SSSR count). The van der Waals surface area contributed by atoms with Gasteiger partial charge in [0.25, 0.3) is 0 Å². The van der Waals surface area contributed by atoms with Gasteiger partial charge in [0.2, 0.25) is 0 Å². The van der Waals surface area contributed by atoms with Gasteiger partial charge in [0, 0.05) is 5.57 Å². The van der Waals surface area contributed by atoms with Crippen molar-refractivity contribution < 1.29 is 89.4 Å². The number of allylic oxidation sites excluding steroid dienone is 3. The van der Waals surface area contributed by atoms with E-state index in [2.05, 4.69) is 54.5 Å². The minimum atomic E-state index is -1.77. The van der Waals surface area contributed by atoms with Crippen molar-refractivity contribution in [2.45, 2.75) is 212 Å². The van der Waals surface area contributed by atoms with Crippen molar-refractivity contribution in [1.82, 2.24) is 0 Å². The smallest absolute Gasteiger partial charge is 0.333 e. The maximum absolute atomic E-state index is 13.3. The van der Waals surface area contributed by atoms with E-state index in [1.54, 1.807) is 19.9 Å². The van der Waals surface area contributed by atoms with Crippen molar-refractivity contribution in [1.29, 1.82) is 0 Å². The fourth-order valence-corrected chi connectivity index (χ4v) is 16.0. The molecule has 0 spiro atoms. The Labute approximate surface area is 412 Å². The van der Waals surface area contributed by atoms with Crippen LogP contribution in [0.25, 0.3) is 0 Å². The summed E-state index contributed by atoms with van der Waals surface area (Å²) in [7, 11) is 0. The summed E-state index contributed by atoms with van der Waals surface area (Å²) in [4.78, 5) is 13.3. The van der Waals surface area contributed by atoms with Gasteiger partial charge in [0.1, 0.15) is 73.2 Å². The maximum atomic E-state index is 13.3. The number of ether oxygens (including phenoxy) is 6. The zero-order valence-corrected chi connectivity index (χ0v) is 42.5. The Kier molecular flexibility index (Phi) is 15.2. The first kappa shape index (κ1) is 54.6. The van der Waals surface area contributed by atoms with Gasteiger partial charge in [-0.15, -0.1) is 0 Å². The van der Waals surface area contributed by atoms with Crippen LogP contribution in [0, 0.1) is 56.2 Å². The minimum Gasteiger partial charge on any atom is -0.458 e. The first-order valence-electron chi connectivity index (χ1n) is 25.8. The number of hydrogen-bond donors (Lipinski definition) is 11. The lowest BCUT2D eigenvalue weighted by atomic mass is 9.32. The Bertz CT molecular complexity index is 1960. The van der Waals surface area contributed by atoms with Crippen LogP contribution in [0.2, 0.25) is 0 Å². The van der Waals surface area contributed by atoms with Crippen LogP contribution in [0.15, 0.2) is 23.3 Å². The zero-order chi connectivity index (χ0) is 51.4. The van der Waals surface area contributed by atoms with Gasteiger partial charge in [-0.3, -0.25) is 0 Å². The third-order valence-electron chi connectivity index (χ3n) is 20.4. The monoisotopic (exact) mass is 997 g/mol. The summed E-state index contributed by atoms with van der Waals surface area (Å²) in [6.07, 6.45) is -12.7. The summed E-state index contributed by atoms with van der Waals surface area (Å²) in [5, 5.41) is 121. The van der Waals surface area contributed by atoms with Crippen LogP contribution in [0.4, 0.5) is 0 Å². The molecule has 3 aliphatic heterocycles. The van der Waals surface area contributed by atoms with Gasteiger partial charge >= 0.3 is 5.97 Å². The second kappa shape index (κ2) is 19.5. The molecule has 70 heavy (non-hydrogen) atoms. The first-order valence-corrected chi connectivity index (χ1v) is 25.8. The van der Waals surface area contributed by atoms with E-state index in [1.807, 2.05) is 0 Å². The van der Waals surface area contributed by atoms with Gasteiger partial charge in [-0.05, 0) is 116 Å². The lowest BCUT2D eigenvalue weighted by molar-refractivity contribution is -0.330. The topological polar surface area (TPSA) is 295 Å². The van der Waals surface area contributed by atoms with Crippen molar-refractivity contribution in [3.8, 4) is 0 Å². The van der Waals surface area contributed by atoms with Crippen molar-refractivity contribution >= 4 is 5.97 Å². The number of aliphatic hydroxyl groups excluding tert-OH is 11. The van der Waals surface area contributed by atoms with Gasteiger partial charge in [0.05, 0.1) is 44.1 Å². The molecule has 5 aliphatic carbocycles. The highest BCUT2D eigenvalue weighted by Gasteiger charge is 2.72. The summed E-state index contributed by atoms with van der Waals surface area (Å²) in [5.74, 6) is -0.557. The molecule has 18 nitrogen and oxygen atoms in total. The van der Waals surface area contributed by atoms with Gasteiger partial charge in [-0.25, -0.2) is 4.79 Å². The van der Waals surface area contributed by atoms with Gasteiger partial charge in [-0.1, -0.05) is 66.2 Å². The lowest BCUT2D eigenvalue weighted by Crippen LogP contribution is -2.70. The molecule has 8 aliphatic rings. The standard InChI is InChI=1S/C52H84O18/c1-10-24(2)44(64)70-34-19-47(3,4)17-27-25-11-12-32-49(7)15-13-26(48(5,6)31(49)14-16-50(32,8)51(25,9)18-33(55)52(27,34)23-53)43-40(61)38(59)36(57)29(68-43)21-67-46-42(63)39(60)37(58)30(69-46)22-66-45-41(62)35(56)28(54)20-65-45/h10-11,26-43,45-46,53-63H,12-23H2,1-9H3/b24-10+/t26-,27+,28-,29-,30-,31+,32-,33+,34+,35+,36-,37-,38+,39+,40-,41-,42-,43+,45+,46-,49+,50-,51-,52+/m1/s1. The van der Waals surface area contributed by atoms with E-state index < -0.39 is 133 Å². The molecule has 7 fully saturated rings. The molecule has 0 aromatic rings. The van der Waals surface area contributed by atoms with E-state index in [4.69, 9.17) is 28.4 Å². The van der Waals surface area contributed by atoms with Crippen LogP contribution in [0.3, 0.4) is 0 Å². The predicted octanol–water partition coefficient (Wildman–Crippen LogP) is 0.985. The quantitative estimate of drug-likeness (QED) is 0.0826. The van der Waals surface area contributed by atoms with Crippen molar-refractivity contribution in [2.75, 3.05) is 26.4 Å². The van der Waals surface area contributed by atoms with Gasteiger partial charge < -0.3 is 84.6 Å². The Morgan fingerprint density at radius 3 is 1.99 bits per heavy atom. The zero-order valence-electron chi connectivity index (χ0n) is 42.5. The van der Waals surface area contributed by atoms with E-state index in [0.717, 1.165) is 32.1 Å². The lowest BCUT2D eigenvalue weighted by Gasteiger charge is -2.72. The molecule has 400 valence electrons. The predicted molar refractivity (Wildman–Crippen MR) is 249 cm³/mol. The number of hydrogen-bond acceptors (Lipinski definition) is 18. The van der Waals surface area contributed by atoms with Crippen LogP contribution >= 0.6 is 0 Å². The van der Waals surface area contributed by atoms with E-state index in [9.17, 15) is 61.0 Å².